The van der Waals surface area contributed by atoms with Gasteiger partial charge in [0.15, 0.2) is 17.4 Å². The number of hydrogen-bond acceptors (Lipinski definition) is 9. The molecule has 3 heterocycles. The van der Waals surface area contributed by atoms with Gasteiger partial charge in [0.2, 0.25) is 0 Å². The zero-order chi connectivity index (χ0) is 23.2. The van der Waals surface area contributed by atoms with Crippen molar-refractivity contribution in [1.29, 1.82) is 0 Å². The Morgan fingerprint density at radius 3 is 2.73 bits per heavy atom. The highest BCUT2D eigenvalue weighted by Crippen LogP contribution is 2.23. The van der Waals surface area contributed by atoms with Gasteiger partial charge in [-0.1, -0.05) is 11.6 Å². The summed E-state index contributed by atoms with van der Waals surface area (Å²) in [5.74, 6) is -0.291. The molecule has 170 valence electrons. The first-order valence-corrected chi connectivity index (χ1v) is 10.6. The number of carbonyl (C=O) groups is 1. The highest BCUT2D eigenvalue weighted by molar-refractivity contribution is 6.31. The van der Waals surface area contributed by atoms with Crippen LogP contribution >= 0.6 is 11.6 Å². The van der Waals surface area contributed by atoms with Crippen molar-refractivity contribution in [3.05, 3.63) is 64.8 Å². The molecule has 33 heavy (non-hydrogen) atoms. The molecule has 0 unspecified atom stereocenters. The van der Waals surface area contributed by atoms with Crippen LogP contribution in [0.3, 0.4) is 0 Å². The van der Waals surface area contributed by atoms with Crippen molar-refractivity contribution in [3.8, 4) is 0 Å². The number of carbonyl (C=O) groups excluding carboxylic acids is 1. The van der Waals surface area contributed by atoms with Crippen molar-refractivity contribution < 1.29 is 13.9 Å². The lowest BCUT2D eigenvalue weighted by Gasteiger charge is -2.27. The summed E-state index contributed by atoms with van der Waals surface area (Å²) in [5.41, 5.74) is 2.61. The molecule has 3 aromatic rings. The summed E-state index contributed by atoms with van der Waals surface area (Å²) >= 11 is 6.09. The molecule has 1 saturated heterocycles. The molecule has 1 N–H and O–H groups in total. The fourth-order valence-corrected chi connectivity index (χ4v) is 3.42. The average Bonchev–Trinajstić information content (AvgIpc) is 2.81. The summed E-state index contributed by atoms with van der Waals surface area (Å²) in [6.07, 6.45) is 2.74. The van der Waals surface area contributed by atoms with E-state index in [-0.39, 0.29) is 24.1 Å². The molecule has 1 aromatic carbocycles. The van der Waals surface area contributed by atoms with Gasteiger partial charge >= 0.3 is 0 Å². The number of pyridine rings is 1. The van der Waals surface area contributed by atoms with Gasteiger partial charge in [-0.2, -0.15) is 10.1 Å². The lowest BCUT2D eigenvalue weighted by atomic mass is 10.1. The fraction of sp³-hybridized carbons (Fsp3) is 0.273. The number of ketones is 1. The molecule has 0 saturated carbocycles. The summed E-state index contributed by atoms with van der Waals surface area (Å²) in [5, 5.41) is 11.7. The Balaban J connectivity index is 1.38. The molecule has 0 radical (unpaired) electrons. The number of anilines is 3. The largest absolute Gasteiger partial charge is 0.378 e. The number of rotatable bonds is 7. The predicted octanol–water partition coefficient (Wildman–Crippen LogP) is 4.73. The van der Waals surface area contributed by atoms with E-state index in [4.69, 9.17) is 16.3 Å². The third-order valence-electron chi connectivity index (χ3n) is 4.83. The highest BCUT2D eigenvalue weighted by Gasteiger charge is 2.17. The van der Waals surface area contributed by atoms with Gasteiger partial charge in [0, 0.05) is 29.4 Å². The third-order valence-corrected chi connectivity index (χ3v) is 5.05. The molecule has 1 aliphatic heterocycles. The molecule has 0 atom stereocenters. The first-order chi connectivity index (χ1) is 16.0. The standard InChI is InChI=1S/C22H21ClFN7O2/c1-14(32)15-8-16(23)10-19(9-15)28-18-3-2-17(25-11-18)12-27-30-22-26-13-20(24)21(29-22)31-4-6-33-7-5-31/h2-3,8-11,13,28H,4-7,12H2,1H3. The number of nitrogens with zero attached hydrogens (tertiary/aromatic N) is 6. The van der Waals surface area contributed by atoms with Crippen molar-refractivity contribution in [2.45, 2.75) is 13.5 Å². The fourth-order valence-electron chi connectivity index (χ4n) is 3.19. The van der Waals surface area contributed by atoms with Crippen LogP contribution in [0.1, 0.15) is 23.0 Å². The van der Waals surface area contributed by atoms with Gasteiger partial charge in [0.25, 0.3) is 5.95 Å². The second kappa shape index (κ2) is 10.4. The van der Waals surface area contributed by atoms with E-state index >= 15 is 0 Å². The number of ether oxygens (including phenoxy) is 1. The Hall–Kier alpha value is -3.50. The normalized spacial score (nSPS) is 14.0. The third kappa shape index (κ3) is 6.05. The molecule has 1 aliphatic rings. The van der Waals surface area contributed by atoms with Crippen LogP contribution < -0.4 is 10.2 Å². The molecule has 4 rings (SSSR count). The lowest BCUT2D eigenvalue weighted by molar-refractivity contribution is 0.101. The van der Waals surface area contributed by atoms with E-state index < -0.39 is 5.82 Å². The number of azo groups is 1. The van der Waals surface area contributed by atoms with E-state index in [1.165, 1.54) is 6.92 Å². The van der Waals surface area contributed by atoms with Crippen molar-refractivity contribution in [2.75, 3.05) is 36.5 Å². The molecule has 11 heteroatoms. The zero-order valence-corrected chi connectivity index (χ0v) is 18.6. The average molecular weight is 470 g/mol. The van der Waals surface area contributed by atoms with Crippen LogP contribution in [0.2, 0.25) is 5.02 Å². The monoisotopic (exact) mass is 469 g/mol. The smallest absolute Gasteiger partial charge is 0.270 e. The van der Waals surface area contributed by atoms with Crippen LogP contribution in [-0.4, -0.2) is 47.0 Å². The summed E-state index contributed by atoms with van der Waals surface area (Å²) in [4.78, 5) is 25.8. The minimum Gasteiger partial charge on any atom is -0.378 e. The van der Waals surface area contributed by atoms with Gasteiger partial charge in [0.1, 0.15) is 6.54 Å². The lowest BCUT2D eigenvalue weighted by Crippen LogP contribution is -2.37. The maximum absolute atomic E-state index is 14.1. The van der Waals surface area contributed by atoms with Crippen LogP contribution in [0.5, 0.6) is 0 Å². The molecular formula is C22H21ClFN7O2. The van der Waals surface area contributed by atoms with Gasteiger partial charge in [-0.25, -0.2) is 9.37 Å². The van der Waals surface area contributed by atoms with E-state index in [0.29, 0.717) is 48.3 Å². The van der Waals surface area contributed by atoms with Crippen molar-refractivity contribution in [3.63, 3.8) is 0 Å². The van der Waals surface area contributed by atoms with Gasteiger partial charge in [0.05, 0.1) is 37.0 Å². The van der Waals surface area contributed by atoms with E-state index in [0.717, 1.165) is 11.9 Å². The number of halogens is 2. The minimum absolute atomic E-state index is 0.0680. The maximum Gasteiger partial charge on any atom is 0.270 e. The summed E-state index contributed by atoms with van der Waals surface area (Å²) in [6, 6.07) is 8.70. The van der Waals surface area contributed by atoms with Gasteiger partial charge in [-0.05, 0) is 37.3 Å². The molecular weight excluding hydrogens is 449 g/mol. The SMILES string of the molecule is CC(=O)c1cc(Cl)cc(Nc2ccc(CN=Nc3ncc(F)c(N4CCOCC4)n3)nc2)c1. The predicted molar refractivity (Wildman–Crippen MR) is 122 cm³/mol. The number of Topliss-reactive ketones (excluding diaryl/α,β-unsaturated/α-hetero) is 1. The Kier molecular flexibility index (Phi) is 7.16. The number of aromatic nitrogens is 3. The van der Waals surface area contributed by atoms with E-state index in [1.54, 1.807) is 35.4 Å². The zero-order valence-electron chi connectivity index (χ0n) is 17.8. The molecule has 2 aromatic heterocycles. The van der Waals surface area contributed by atoms with Crippen LogP contribution in [0.25, 0.3) is 0 Å². The molecule has 0 aliphatic carbocycles. The van der Waals surface area contributed by atoms with Crippen molar-refractivity contribution in [2.24, 2.45) is 10.2 Å². The summed E-state index contributed by atoms with van der Waals surface area (Å²) in [6.45, 7) is 3.85. The van der Waals surface area contributed by atoms with Gasteiger partial charge in [-0.3, -0.25) is 9.78 Å². The molecule has 0 bridgehead atoms. The molecule has 0 spiro atoms. The summed E-state index contributed by atoms with van der Waals surface area (Å²) in [7, 11) is 0. The number of benzene rings is 1. The number of morpholine rings is 1. The topological polar surface area (TPSA) is 105 Å². The number of hydrogen-bond donors (Lipinski definition) is 1. The van der Waals surface area contributed by atoms with Gasteiger partial charge < -0.3 is 15.0 Å². The van der Waals surface area contributed by atoms with Crippen LogP contribution in [0.15, 0.2) is 53.0 Å². The molecule has 9 nitrogen and oxygen atoms in total. The quantitative estimate of drug-likeness (QED) is 0.394. The maximum atomic E-state index is 14.1. The van der Waals surface area contributed by atoms with Crippen LogP contribution in [-0.2, 0) is 11.3 Å². The van der Waals surface area contributed by atoms with E-state index in [1.807, 2.05) is 6.07 Å². The van der Waals surface area contributed by atoms with E-state index in [2.05, 4.69) is 30.5 Å². The first-order valence-electron chi connectivity index (χ1n) is 10.2. The minimum atomic E-state index is -0.504. The van der Waals surface area contributed by atoms with Crippen LogP contribution in [0, 0.1) is 5.82 Å². The summed E-state index contributed by atoms with van der Waals surface area (Å²) < 4.78 is 19.4. The van der Waals surface area contributed by atoms with Crippen molar-refractivity contribution >= 4 is 40.5 Å². The van der Waals surface area contributed by atoms with Crippen LogP contribution in [0.4, 0.5) is 27.5 Å². The Bertz CT molecular complexity index is 1170. The first kappa shape index (κ1) is 22.7. The highest BCUT2D eigenvalue weighted by atomic mass is 35.5. The van der Waals surface area contributed by atoms with Crippen molar-refractivity contribution in [1.82, 2.24) is 15.0 Å². The second-order valence-electron chi connectivity index (χ2n) is 7.29. The Morgan fingerprint density at radius 1 is 1.18 bits per heavy atom. The van der Waals surface area contributed by atoms with Gasteiger partial charge in [-0.15, -0.1) is 5.11 Å². The number of nitrogens with one attached hydrogen (secondary N) is 1. The Labute approximate surface area is 194 Å². The molecule has 1 fully saturated rings. The second-order valence-corrected chi connectivity index (χ2v) is 7.72. The molecule has 0 amide bonds. The van der Waals surface area contributed by atoms with E-state index in [9.17, 15) is 9.18 Å². The Morgan fingerprint density at radius 2 is 2.00 bits per heavy atom.